The van der Waals surface area contributed by atoms with E-state index < -0.39 is 23.9 Å². The summed E-state index contributed by atoms with van der Waals surface area (Å²) in [6, 6.07) is 3.93. The van der Waals surface area contributed by atoms with Gasteiger partial charge in [-0.15, -0.1) is 0 Å². The fourth-order valence-corrected chi connectivity index (χ4v) is 2.34. The fourth-order valence-electron chi connectivity index (χ4n) is 2.34. The molecule has 0 aromatic heterocycles. The fraction of sp³-hybridized carbons (Fsp3) is 0.591. The third kappa shape index (κ3) is 7.85. The van der Waals surface area contributed by atoms with Gasteiger partial charge in [0.1, 0.15) is 12.1 Å². The van der Waals surface area contributed by atoms with Crippen LogP contribution in [0.1, 0.15) is 59.9 Å². The highest BCUT2D eigenvalue weighted by molar-refractivity contribution is 5.78. The van der Waals surface area contributed by atoms with Crippen LogP contribution in [0.15, 0.2) is 18.2 Å². The Kier molecular flexibility index (Phi) is 9.81. The lowest BCUT2D eigenvalue weighted by Gasteiger charge is -2.18. The first-order valence-electron chi connectivity index (χ1n) is 10.1. The SMILES string of the molecule is CCC(CC)OC(=O)[C@@H](N)Cc1ccc(OC(=O)C(C)C)c(OC(=O)C(C)C)c1. The number of hydrogen-bond acceptors (Lipinski definition) is 7. The largest absolute Gasteiger partial charge is 0.461 e. The van der Waals surface area contributed by atoms with Crippen LogP contribution in [-0.2, 0) is 25.5 Å². The maximum atomic E-state index is 12.2. The number of esters is 3. The first-order chi connectivity index (χ1) is 13.6. The van der Waals surface area contributed by atoms with E-state index in [0.29, 0.717) is 5.56 Å². The van der Waals surface area contributed by atoms with Crippen LogP contribution in [0.2, 0.25) is 0 Å². The zero-order chi connectivity index (χ0) is 22.1. The van der Waals surface area contributed by atoms with E-state index in [2.05, 4.69) is 0 Å². The van der Waals surface area contributed by atoms with Gasteiger partial charge in [-0.1, -0.05) is 47.6 Å². The minimum absolute atomic E-state index is 0.121. The molecule has 7 heteroatoms. The average Bonchev–Trinajstić information content (AvgIpc) is 2.67. The zero-order valence-electron chi connectivity index (χ0n) is 18.2. The van der Waals surface area contributed by atoms with Crippen LogP contribution < -0.4 is 15.2 Å². The van der Waals surface area contributed by atoms with Gasteiger partial charge >= 0.3 is 17.9 Å². The Bertz CT molecular complexity index is 709. The predicted octanol–water partition coefficient (Wildman–Crippen LogP) is 3.41. The van der Waals surface area contributed by atoms with Crippen LogP contribution in [0.4, 0.5) is 0 Å². The number of benzene rings is 1. The Morgan fingerprint density at radius 3 is 1.86 bits per heavy atom. The lowest BCUT2D eigenvalue weighted by Crippen LogP contribution is -2.36. The predicted molar refractivity (Wildman–Crippen MR) is 110 cm³/mol. The molecule has 1 rings (SSSR count). The number of nitrogens with two attached hydrogens (primary N) is 1. The van der Waals surface area contributed by atoms with Crippen LogP contribution in [0.3, 0.4) is 0 Å². The molecule has 0 saturated heterocycles. The van der Waals surface area contributed by atoms with E-state index in [1.807, 2.05) is 13.8 Å². The maximum absolute atomic E-state index is 12.2. The van der Waals surface area contributed by atoms with Gasteiger partial charge in [-0.3, -0.25) is 14.4 Å². The standard InChI is InChI=1S/C22H33NO6/c1-7-16(8-2)27-22(26)17(23)11-15-9-10-18(28-20(24)13(3)4)19(12-15)29-21(25)14(5)6/h9-10,12-14,16-17H,7-8,11,23H2,1-6H3/t17-/m0/s1. The van der Waals surface area contributed by atoms with Crippen LogP contribution in [-0.4, -0.2) is 30.1 Å². The van der Waals surface area contributed by atoms with E-state index in [9.17, 15) is 14.4 Å². The molecule has 2 N–H and O–H groups in total. The van der Waals surface area contributed by atoms with Gasteiger partial charge in [-0.2, -0.15) is 0 Å². The quantitative estimate of drug-likeness (QED) is 0.468. The van der Waals surface area contributed by atoms with Crippen molar-refractivity contribution in [3.63, 3.8) is 0 Å². The summed E-state index contributed by atoms with van der Waals surface area (Å²) in [6.07, 6.45) is 1.48. The summed E-state index contributed by atoms with van der Waals surface area (Å²) in [4.78, 5) is 36.2. The van der Waals surface area contributed by atoms with E-state index in [1.54, 1.807) is 39.8 Å². The first-order valence-corrected chi connectivity index (χ1v) is 10.1. The van der Waals surface area contributed by atoms with E-state index in [-0.39, 0.29) is 35.9 Å². The molecule has 1 aromatic carbocycles. The Hall–Kier alpha value is -2.41. The Balaban J connectivity index is 3.02. The van der Waals surface area contributed by atoms with E-state index in [4.69, 9.17) is 19.9 Å². The molecule has 0 amide bonds. The van der Waals surface area contributed by atoms with Gasteiger partial charge in [0.25, 0.3) is 0 Å². The van der Waals surface area contributed by atoms with E-state index in [1.165, 1.54) is 6.07 Å². The molecule has 0 aliphatic rings. The van der Waals surface area contributed by atoms with Crippen LogP contribution in [0, 0.1) is 11.8 Å². The van der Waals surface area contributed by atoms with Gasteiger partial charge in [0.05, 0.1) is 11.8 Å². The molecule has 0 bridgehead atoms. The van der Waals surface area contributed by atoms with E-state index in [0.717, 1.165) is 12.8 Å². The molecule has 1 aromatic rings. The second-order valence-corrected chi connectivity index (χ2v) is 7.62. The molecule has 0 unspecified atom stereocenters. The average molecular weight is 408 g/mol. The van der Waals surface area contributed by atoms with Gasteiger partial charge in [0.15, 0.2) is 11.5 Å². The zero-order valence-corrected chi connectivity index (χ0v) is 18.2. The Labute approximate surface area is 172 Å². The Morgan fingerprint density at radius 1 is 0.862 bits per heavy atom. The molecule has 0 saturated carbocycles. The van der Waals surface area contributed by atoms with Crippen LogP contribution in [0.25, 0.3) is 0 Å². The molecule has 0 heterocycles. The molecular formula is C22H33NO6. The van der Waals surface area contributed by atoms with Gasteiger partial charge in [0, 0.05) is 0 Å². The molecule has 7 nitrogen and oxygen atoms in total. The summed E-state index contributed by atoms with van der Waals surface area (Å²) in [6.45, 7) is 10.7. The number of carbonyl (C=O) groups is 3. The topological polar surface area (TPSA) is 105 Å². The summed E-state index contributed by atoms with van der Waals surface area (Å²) in [5.74, 6) is -1.80. The smallest absolute Gasteiger partial charge is 0.323 e. The van der Waals surface area contributed by atoms with Gasteiger partial charge in [0.2, 0.25) is 0 Å². The van der Waals surface area contributed by atoms with Crippen LogP contribution in [0.5, 0.6) is 11.5 Å². The molecular weight excluding hydrogens is 374 g/mol. The molecule has 162 valence electrons. The summed E-state index contributed by atoms with van der Waals surface area (Å²) in [7, 11) is 0. The lowest BCUT2D eigenvalue weighted by atomic mass is 10.1. The third-order valence-electron chi connectivity index (χ3n) is 4.32. The van der Waals surface area contributed by atoms with Crippen LogP contribution >= 0.6 is 0 Å². The van der Waals surface area contributed by atoms with Crippen molar-refractivity contribution >= 4 is 17.9 Å². The summed E-state index contributed by atoms with van der Waals surface area (Å²) in [5, 5.41) is 0. The molecule has 29 heavy (non-hydrogen) atoms. The van der Waals surface area contributed by atoms with Gasteiger partial charge in [-0.05, 0) is 37.0 Å². The van der Waals surface area contributed by atoms with E-state index >= 15 is 0 Å². The highest BCUT2D eigenvalue weighted by atomic mass is 16.6. The third-order valence-corrected chi connectivity index (χ3v) is 4.32. The molecule has 0 aliphatic heterocycles. The summed E-state index contributed by atoms with van der Waals surface area (Å²) < 4.78 is 16.1. The molecule has 0 fully saturated rings. The minimum Gasteiger partial charge on any atom is -0.461 e. The maximum Gasteiger partial charge on any atom is 0.323 e. The number of carbonyl (C=O) groups excluding carboxylic acids is 3. The first kappa shape index (κ1) is 24.6. The van der Waals surface area contributed by atoms with Gasteiger partial charge in [-0.25, -0.2) is 0 Å². The Morgan fingerprint density at radius 2 is 1.38 bits per heavy atom. The van der Waals surface area contributed by atoms with Crippen molar-refractivity contribution in [3.8, 4) is 11.5 Å². The van der Waals surface area contributed by atoms with Gasteiger partial charge < -0.3 is 19.9 Å². The minimum atomic E-state index is -0.853. The lowest BCUT2D eigenvalue weighted by molar-refractivity contribution is -0.151. The monoisotopic (exact) mass is 407 g/mol. The molecule has 1 atom stereocenters. The highest BCUT2D eigenvalue weighted by Crippen LogP contribution is 2.30. The second-order valence-electron chi connectivity index (χ2n) is 7.62. The number of rotatable bonds is 10. The summed E-state index contributed by atoms with van der Waals surface area (Å²) >= 11 is 0. The van der Waals surface area contributed by atoms with Crippen molar-refractivity contribution in [3.05, 3.63) is 23.8 Å². The molecule has 0 radical (unpaired) electrons. The van der Waals surface area contributed by atoms with Crippen molar-refractivity contribution in [1.82, 2.24) is 0 Å². The van der Waals surface area contributed by atoms with Crippen molar-refractivity contribution in [2.75, 3.05) is 0 Å². The normalized spacial score (nSPS) is 12.2. The number of ether oxygens (including phenoxy) is 3. The highest BCUT2D eigenvalue weighted by Gasteiger charge is 2.22. The number of hydrogen-bond donors (Lipinski definition) is 1. The van der Waals surface area contributed by atoms with Crippen molar-refractivity contribution in [2.24, 2.45) is 17.6 Å². The molecule has 0 aliphatic carbocycles. The summed E-state index contributed by atoms with van der Waals surface area (Å²) in [5.41, 5.74) is 6.66. The van der Waals surface area contributed by atoms with Crippen molar-refractivity contribution in [2.45, 2.75) is 73.0 Å². The van der Waals surface area contributed by atoms with Crippen molar-refractivity contribution in [1.29, 1.82) is 0 Å². The second kappa shape index (κ2) is 11.6. The molecule has 0 spiro atoms. The van der Waals surface area contributed by atoms with Crippen molar-refractivity contribution < 1.29 is 28.6 Å².